The molecule has 1 atom stereocenters. The molecular weight excluding hydrogens is 352 g/mol. The first-order valence-electron chi connectivity index (χ1n) is 9.75. The van der Waals surface area contributed by atoms with Gasteiger partial charge >= 0.3 is 0 Å². The average molecular weight is 379 g/mol. The van der Waals surface area contributed by atoms with Crippen LogP contribution in [0.5, 0.6) is 11.5 Å². The molecule has 2 aromatic carbocycles. The Kier molecular flexibility index (Phi) is 5.30. The number of anilines is 1. The number of quaternary nitrogens is 1. The van der Waals surface area contributed by atoms with E-state index in [2.05, 4.69) is 11.9 Å². The number of methoxy groups -OCH3 is 2. The second-order valence-corrected chi connectivity index (χ2v) is 7.26. The van der Waals surface area contributed by atoms with Crippen molar-refractivity contribution >= 4 is 16.7 Å². The second kappa shape index (κ2) is 8.02. The number of fused-ring (bicyclic) bond motifs is 1. The van der Waals surface area contributed by atoms with E-state index in [9.17, 15) is 0 Å². The predicted molar refractivity (Wildman–Crippen MR) is 112 cm³/mol. The smallest absolute Gasteiger partial charge is 0.162 e. The number of nitrogens with one attached hydrogen (secondary N) is 1. The van der Waals surface area contributed by atoms with Crippen LogP contribution in [0.2, 0.25) is 0 Å². The Balaban J connectivity index is 1.91. The Hall–Kier alpha value is -2.86. The maximum Gasteiger partial charge on any atom is 0.162 e. The standard InChI is InChI=1S/C22H26N4O2/c1-25-10-7-11-26(13-12-25)22-17-14-19(27-2)20(28-3)15-18(17)23-21(24-22)16-8-5-4-6-9-16/h4-6,8-9,14-15H,7,10-13H2,1-3H3/p+1. The minimum absolute atomic E-state index is 0.679. The van der Waals surface area contributed by atoms with E-state index >= 15 is 0 Å². The highest BCUT2D eigenvalue weighted by Gasteiger charge is 2.21. The van der Waals surface area contributed by atoms with E-state index in [1.807, 2.05) is 42.5 Å². The van der Waals surface area contributed by atoms with Crippen molar-refractivity contribution in [2.75, 3.05) is 52.3 Å². The van der Waals surface area contributed by atoms with Crippen molar-refractivity contribution < 1.29 is 14.4 Å². The molecule has 1 N–H and O–H groups in total. The summed E-state index contributed by atoms with van der Waals surface area (Å²) in [5, 5.41) is 0.997. The monoisotopic (exact) mass is 379 g/mol. The van der Waals surface area contributed by atoms with Gasteiger partial charge < -0.3 is 19.3 Å². The Morgan fingerprint density at radius 2 is 1.68 bits per heavy atom. The highest BCUT2D eigenvalue weighted by atomic mass is 16.5. The molecule has 146 valence electrons. The third-order valence-electron chi connectivity index (χ3n) is 5.35. The van der Waals surface area contributed by atoms with Gasteiger partial charge in [-0.25, -0.2) is 9.97 Å². The fraction of sp³-hybridized carbons (Fsp3) is 0.364. The SMILES string of the molecule is COc1cc2nc(-c3ccccc3)nc(N3CCC[NH+](C)CC3)c2cc1OC. The molecule has 0 amide bonds. The molecule has 0 bridgehead atoms. The average Bonchev–Trinajstić information content (AvgIpc) is 2.96. The number of aromatic nitrogens is 2. The van der Waals surface area contributed by atoms with Crippen molar-refractivity contribution in [2.45, 2.75) is 6.42 Å². The number of rotatable bonds is 4. The minimum atomic E-state index is 0.679. The van der Waals surface area contributed by atoms with Crippen LogP contribution in [0.1, 0.15) is 6.42 Å². The van der Waals surface area contributed by atoms with Gasteiger partial charge in [0, 0.05) is 30.0 Å². The molecule has 1 saturated heterocycles. The van der Waals surface area contributed by atoms with Crippen molar-refractivity contribution in [2.24, 2.45) is 0 Å². The molecule has 0 radical (unpaired) electrons. The highest BCUT2D eigenvalue weighted by molar-refractivity contribution is 5.93. The lowest BCUT2D eigenvalue weighted by Crippen LogP contribution is -3.09. The molecule has 1 aromatic heterocycles. The summed E-state index contributed by atoms with van der Waals surface area (Å²) in [6.45, 7) is 4.24. The second-order valence-electron chi connectivity index (χ2n) is 7.26. The first-order chi connectivity index (χ1) is 13.7. The maximum absolute atomic E-state index is 5.54. The lowest BCUT2D eigenvalue weighted by molar-refractivity contribution is -0.876. The van der Waals surface area contributed by atoms with Gasteiger partial charge in [-0.3, -0.25) is 0 Å². The topological polar surface area (TPSA) is 51.9 Å². The maximum atomic E-state index is 5.54. The number of nitrogens with zero attached hydrogens (tertiary/aromatic N) is 3. The van der Waals surface area contributed by atoms with Gasteiger partial charge in [-0.05, 0) is 6.07 Å². The fourth-order valence-electron chi connectivity index (χ4n) is 3.74. The molecule has 0 saturated carbocycles. The molecule has 3 aromatic rings. The van der Waals surface area contributed by atoms with Crippen LogP contribution >= 0.6 is 0 Å². The van der Waals surface area contributed by atoms with Crippen molar-refractivity contribution in [1.82, 2.24) is 9.97 Å². The van der Waals surface area contributed by atoms with Gasteiger partial charge in [-0.15, -0.1) is 0 Å². The summed E-state index contributed by atoms with van der Waals surface area (Å²) >= 11 is 0. The fourth-order valence-corrected chi connectivity index (χ4v) is 3.74. The minimum Gasteiger partial charge on any atom is -0.493 e. The molecule has 28 heavy (non-hydrogen) atoms. The predicted octanol–water partition coefficient (Wildman–Crippen LogP) is 2.04. The molecule has 1 aliphatic rings. The van der Waals surface area contributed by atoms with E-state index in [0.29, 0.717) is 11.5 Å². The van der Waals surface area contributed by atoms with Crippen LogP contribution in [-0.4, -0.2) is 57.4 Å². The zero-order chi connectivity index (χ0) is 19.5. The third-order valence-corrected chi connectivity index (χ3v) is 5.35. The number of benzene rings is 2. The van der Waals surface area contributed by atoms with Crippen LogP contribution in [-0.2, 0) is 0 Å². The zero-order valence-electron chi connectivity index (χ0n) is 16.7. The highest BCUT2D eigenvalue weighted by Crippen LogP contribution is 2.36. The van der Waals surface area contributed by atoms with Gasteiger partial charge in [0.2, 0.25) is 0 Å². The summed E-state index contributed by atoms with van der Waals surface area (Å²) in [6, 6.07) is 14.1. The van der Waals surface area contributed by atoms with Crippen LogP contribution in [0.3, 0.4) is 0 Å². The van der Waals surface area contributed by atoms with E-state index in [-0.39, 0.29) is 0 Å². The first kappa shape index (κ1) is 18.5. The quantitative estimate of drug-likeness (QED) is 0.752. The number of hydrogen-bond donors (Lipinski definition) is 1. The molecule has 2 heterocycles. The largest absolute Gasteiger partial charge is 0.493 e. The van der Waals surface area contributed by atoms with E-state index in [1.165, 1.54) is 6.54 Å². The molecule has 4 rings (SSSR count). The van der Waals surface area contributed by atoms with Crippen molar-refractivity contribution in [3.63, 3.8) is 0 Å². The van der Waals surface area contributed by atoms with E-state index in [1.54, 1.807) is 19.1 Å². The summed E-state index contributed by atoms with van der Waals surface area (Å²) in [5.74, 6) is 3.09. The van der Waals surface area contributed by atoms with E-state index < -0.39 is 0 Å². The van der Waals surface area contributed by atoms with Gasteiger partial charge in [0.1, 0.15) is 5.82 Å². The first-order valence-corrected chi connectivity index (χ1v) is 9.75. The Morgan fingerprint density at radius 3 is 2.43 bits per heavy atom. The Labute approximate surface area is 165 Å². The van der Waals surface area contributed by atoms with Crippen molar-refractivity contribution in [1.29, 1.82) is 0 Å². The van der Waals surface area contributed by atoms with E-state index in [0.717, 1.165) is 54.2 Å². The zero-order valence-corrected chi connectivity index (χ0v) is 16.7. The summed E-state index contributed by atoms with van der Waals surface area (Å²) in [5.41, 5.74) is 1.88. The molecule has 1 unspecified atom stereocenters. The summed E-state index contributed by atoms with van der Waals surface area (Å²) in [7, 11) is 5.56. The molecule has 1 aliphatic heterocycles. The lowest BCUT2D eigenvalue weighted by atomic mass is 10.1. The molecule has 0 aliphatic carbocycles. The summed E-state index contributed by atoms with van der Waals surface area (Å²) in [4.78, 5) is 13.8. The Bertz CT molecular complexity index is 962. The van der Waals surface area contributed by atoms with Gasteiger partial charge in [0.05, 0.1) is 46.4 Å². The summed E-state index contributed by atoms with van der Waals surface area (Å²) < 4.78 is 11.0. The number of likely N-dealkylation sites (N-methyl/N-ethyl adjacent to an activating group) is 1. The van der Waals surface area contributed by atoms with Crippen LogP contribution in [0.15, 0.2) is 42.5 Å². The van der Waals surface area contributed by atoms with Gasteiger partial charge in [-0.1, -0.05) is 30.3 Å². The molecular formula is C22H27N4O2+. The normalized spacial score (nSPS) is 17.4. The van der Waals surface area contributed by atoms with Crippen molar-refractivity contribution in [3.05, 3.63) is 42.5 Å². The molecule has 1 fully saturated rings. The van der Waals surface area contributed by atoms with Gasteiger partial charge in [0.15, 0.2) is 17.3 Å². The number of hydrogen-bond acceptors (Lipinski definition) is 5. The molecule has 0 spiro atoms. The van der Waals surface area contributed by atoms with Crippen LogP contribution in [0.25, 0.3) is 22.3 Å². The van der Waals surface area contributed by atoms with Crippen LogP contribution in [0, 0.1) is 0 Å². The lowest BCUT2D eigenvalue weighted by Gasteiger charge is -2.23. The van der Waals surface area contributed by atoms with E-state index in [4.69, 9.17) is 19.4 Å². The van der Waals surface area contributed by atoms with Gasteiger partial charge in [0.25, 0.3) is 0 Å². The van der Waals surface area contributed by atoms with Crippen LogP contribution in [0.4, 0.5) is 5.82 Å². The molecule has 6 heteroatoms. The third kappa shape index (κ3) is 3.60. The molecule has 6 nitrogen and oxygen atoms in total. The van der Waals surface area contributed by atoms with Crippen molar-refractivity contribution in [3.8, 4) is 22.9 Å². The Morgan fingerprint density at radius 1 is 0.929 bits per heavy atom. The summed E-state index contributed by atoms with van der Waals surface area (Å²) in [6.07, 6.45) is 1.14. The van der Waals surface area contributed by atoms with Crippen LogP contribution < -0.4 is 19.3 Å². The number of ether oxygens (including phenoxy) is 2. The van der Waals surface area contributed by atoms with Gasteiger partial charge in [-0.2, -0.15) is 0 Å².